The predicted octanol–water partition coefficient (Wildman–Crippen LogP) is 3.54. The van der Waals surface area contributed by atoms with Gasteiger partial charge in [-0.2, -0.15) is 0 Å². The van der Waals surface area contributed by atoms with Crippen molar-refractivity contribution in [2.24, 2.45) is 0 Å². The van der Waals surface area contributed by atoms with Gasteiger partial charge in [-0.15, -0.1) is 0 Å². The van der Waals surface area contributed by atoms with Gasteiger partial charge in [0.25, 0.3) is 0 Å². The fourth-order valence-electron chi connectivity index (χ4n) is 2.53. The average molecular weight is 347 g/mol. The summed E-state index contributed by atoms with van der Waals surface area (Å²) in [4.78, 5) is 18.5. The lowest BCUT2D eigenvalue weighted by Crippen LogP contribution is -2.20. The lowest BCUT2D eigenvalue weighted by atomic mass is 10.1. The van der Waals surface area contributed by atoms with Gasteiger partial charge in [-0.3, -0.25) is 0 Å². The summed E-state index contributed by atoms with van der Waals surface area (Å²) in [6.07, 6.45) is 1.71. The molecule has 5 heteroatoms. The zero-order valence-corrected chi connectivity index (χ0v) is 13.3. The summed E-state index contributed by atoms with van der Waals surface area (Å²) in [6.45, 7) is 3.67. The number of carbonyl (C=O) groups excluding carboxylic acids is 1. The highest BCUT2D eigenvalue weighted by molar-refractivity contribution is 9.10. The molecule has 2 aromatic rings. The molecule has 0 atom stereocenters. The first-order valence-electron chi connectivity index (χ1n) is 6.83. The third kappa shape index (κ3) is 2.78. The Bertz CT molecular complexity index is 688. The molecule has 1 aliphatic rings. The minimum absolute atomic E-state index is 0.322. The molecule has 3 rings (SSSR count). The second-order valence-corrected chi connectivity index (χ2v) is 5.78. The quantitative estimate of drug-likeness (QED) is 0.797. The minimum Gasteiger partial charge on any atom is -0.462 e. The number of fused-ring (bicyclic) bond motifs is 1. The lowest BCUT2D eigenvalue weighted by Gasteiger charge is -2.19. The maximum Gasteiger partial charge on any atom is 0.341 e. The lowest BCUT2D eigenvalue weighted by molar-refractivity contribution is 0.0526. The first-order valence-corrected chi connectivity index (χ1v) is 7.62. The van der Waals surface area contributed by atoms with Crippen molar-refractivity contribution in [1.29, 1.82) is 0 Å². The molecule has 0 radical (unpaired) electrons. The van der Waals surface area contributed by atoms with Crippen molar-refractivity contribution in [3.63, 3.8) is 0 Å². The van der Waals surface area contributed by atoms with Crippen molar-refractivity contribution in [1.82, 2.24) is 4.98 Å². The van der Waals surface area contributed by atoms with Crippen LogP contribution >= 0.6 is 15.9 Å². The van der Waals surface area contributed by atoms with Crippen LogP contribution < -0.4 is 4.90 Å². The van der Waals surface area contributed by atoms with Crippen LogP contribution in [0, 0.1) is 0 Å². The molecule has 0 spiro atoms. The number of esters is 1. The highest BCUT2D eigenvalue weighted by Gasteiger charge is 2.24. The Kier molecular flexibility index (Phi) is 3.92. The number of rotatable bonds is 3. The van der Waals surface area contributed by atoms with Crippen LogP contribution in [0.15, 0.2) is 41.0 Å². The van der Waals surface area contributed by atoms with Crippen LogP contribution in [0.2, 0.25) is 0 Å². The second-order valence-electron chi connectivity index (χ2n) is 4.86. The highest BCUT2D eigenvalue weighted by Crippen LogP contribution is 2.30. The molecule has 0 unspecified atom stereocenters. The summed E-state index contributed by atoms with van der Waals surface area (Å²) in [5.41, 5.74) is 3.04. The van der Waals surface area contributed by atoms with Crippen molar-refractivity contribution in [3.8, 4) is 0 Å². The summed E-state index contributed by atoms with van der Waals surface area (Å²) < 4.78 is 6.18. The smallest absolute Gasteiger partial charge is 0.341 e. The molecule has 2 heterocycles. The summed E-state index contributed by atoms with van der Waals surface area (Å²) >= 11 is 3.49. The predicted molar refractivity (Wildman–Crippen MR) is 84.2 cm³/mol. The van der Waals surface area contributed by atoms with E-state index in [0.717, 1.165) is 17.6 Å². The first-order chi connectivity index (χ1) is 10.2. The van der Waals surface area contributed by atoms with Gasteiger partial charge in [-0.05, 0) is 42.3 Å². The third-order valence-electron chi connectivity index (χ3n) is 3.47. The molecule has 0 fully saturated rings. The molecule has 1 aliphatic heterocycles. The van der Waals surface area contributed by atoms with E-state index in [4.69, 9.17) is 4.74 Å². The Balaban J connectivity index is 1.91. The number of nitrogens with zero attached hydrogens (tertiary/aromatic N) is 2. The van der Waals surface area contributed by atoms with E-state index >= 15 is 0 Å². The average Bonchev–Trinajstić information content (AvgIpc) is 2.90. The summed E-state index contributed by atoms with van der Waals surface area (Å²) in [7, 11) is 0. The van der Waals surface area contributed by atoms with Crippen LogP contribution in [0.5, 0.6) is 0 Å². The molecular formula is C16H15BrN2O2. The molecule has 4 nitrogen and oxygen atoms in total. The van der Waals surface area contributed by atoms with Crippen LogP contribution in [0.3, 0.4) is 0 Å². The van der Waals surface area contributed by atoms with E-state index in [1.807, 2.05) is 6.07 Å². The Labute approximate surface area is 131 Å². The van der Waals surface area contributed by atoms with E-state index < -0.39 is 0 Å². The number of halogens is 1. The highest BCUT2D eigenvalue weighted by atomic mass is 79.9. The number of aromatic nitrogens is 1. The Morgan fingerprint density at radius 2 is 2.14 bits per heavy atom. The maximum atomic E-state index is 12.1. The maximum absolute atomic E-state index is 12.1. The molecule has 0 bridgehead atoms. The van der Waals surface area contributed by atoms with E-state index in [2.05, 4.69) is 37.9 Å². The molecule has 1 aromatic carbocycles. The van der Waals surface area contributed by atoms with Gasteiger partial charge in [-0.25, -0.2) is 9.78 Å². The van der Waals surface area contributed by atoms with E-state index in [0.29, 0.717) is 18.0 Å². The number of anilines is 1. The van der Waals surface area contributed by atoms with Crippen LogP contribution in [0.1, 0.15) is 28.4 Å². The van der Waals surface area contributed by atoms with Gasteiger partial charge in [0.15, 0.2) is 0 Å². The molecule has 0 saturated carbocycles. The topological polar surface area (TPSA) is 42.4 Å². The summed E-state index contributed by atoms with van der Waals surface area (Å²) in [5.74, 6) is 0.362. The monoisotopic (exact) mass is 346 g/mol. The van der Waals surface area contributed by atoms with Gasteiger partial charge in [0.2, 0.25) is 0 Å². The van der Waals surface area contributed by atoms with Crippen LogP contribution in [-0.4, -0.2) is 17.6 Å². The van der Waals surface area contributed by atoms with Gasteiger partial charge >= 0.3 is 5.97 Å². The van der Waals surface area contributed by atoms with Crippen molar-refractivity contribution in [2.75, 3.05) is 11.5 Å². The minimum atomic E-state index is -0.322. The van der Waals surface area contributed by atoms with E-state index in [1.54, 1.807) is 25.3 Å². The molecule has 108 valence electrons. The number of ether oxygens (including phenoxy) is 1. The normalized spacial score (nSPS) is 13.1. The number of hydrogen-bond acceptors (Lipinski definition) is 4. The van der Waals surface area contributed by atoms with Crippen molar-refractivity contribution in [3.05, 3.63) is 57.7 Å². The second kappa shape index (κ2) is 5.85. The molecule has 1 aromatic heterocycles. The molecule has 0 aliphatic carbocycles. The summed E-state index contributed by atoms with van der Waals surface area (Å²) in [5, 5.41) is 0. The van der Waals surface area contributed by atoms with Crippen molar-refractivity contribution < 1.29 is 9.53 Å². The van der Waals surface area contributed by atoms with E-state index in [-0.39, 0.29) is 5.97 Å². The third-order valence-corrected chi connectivity index (χ3v) is 3.97. The van der Waals surface area contributed by atoms with Gasteiger partial charge in [0.05, 0.1) is 6.61 Å². The number of carbonyl (C=O) groups is 1. The van der Waals surface area contributed by atoms with Gasteiger partial charge in [-0.1, -0.05) is 22.0 Å². The SMILES string of the molecule is CCOC(=O)c1cccnc1N1Cc2ccc(Br)cc2C1. The Morgan fingerprint density at radius 1 is 1.33 bits per heavy atom. The van der Waals surface area contributed by atoms with E-state index in [1.165, 1.54) is 11.1 Å². The Hall–Kier alpha value is -1.88. The number of pyridine rings is 1. The van der Waals surface area contributed by atoms with Crippen molar-refractivity contribution >= 4 is 27.7 Å². The van der Waals surface area contributed by atoms with E-state index in [9.17, 15) is 4.79 Å². The molecule has 0 amide bonds. The largest absolute Gasteiger partial charge is 0.462 e. The fraction of sp³-hybridized carbons (Fsp3) is 0.250. The molecule has 0 saturated heterocycles. The van der Waals surface area contributed by atoms with Gasteiger partial charge in [0, 0.05) is 23.8 Å². The zero-order valence-electron chi connectivity index (χ0n) is 11.7. The molecular weight excluding hydrogens is 332 g/mol. The number of hydrogen-bond donors (Lipinski definition) is 0. The summed E-state index contributed by atoms with van der Waals surface area (Å²) in [6, 6.07) is 9.77. The van der Waals surface area contributed by atoms with Crippen LogP contribution in [-0.2, 0) is 17.8 Å². The van der Waals surface area contributed by atoms with Crippen molar-refractivity contribution in [2.45, 2.75) is 20.0 Å². The van der Waals surface area contributed by atoms with Crippen LogP contribution in [0.25, 0.3) is 0 Å². The molecule has 0 N–H and O–H groups in total. The standard InChI is InChI=1S/C16H15BrN2O2/c1-2-21-16(20)14-4-3-7-18-15(14)19-9-11-5-6-13(17)8-12(11)10-19/h3-8H,2,9-10H2,1H3. The fourth-order valence-corrected chi connectivity index (χ4v) is 2.94. The van der Waals surface area contributed by atoms with Gasteiger partial charge < -0.3 is 9.64 Å². The zero-order chi connectivity index (χ0) is 14.8. The number of benzene rings is 1. The first kappa shape index (κ1) is 14.1. The Morgan fingerprint density at radius 3 is 2.95 bits per heavy atom. The molecule has 21 heavy (non-hydrogen) atoms. The van der Waals surface area contributed by atoms with Gasteiger partial charge in [0.1, 0.15) is 11.4 Å². The van der Waals surface area contributed by atoms with Crippen LogP contribution in [0.4, 0.5) is 5.82 Å².